The lowest BCUT2D eigenvalue weighted by atomic mass is 10.2. The summed E-state index contributed by atoms with van der Waals surface area (Å²) in [6.45, 7) is 1.91. The van der Waals surface area contributed by atoms with Crippen molar-refractivity contribution >= 4 is 34.4 Å². The second-order valence-corrected chi connectivity index (χ2v) is 5.07. The molecule has 0 spiro atoms. The lowest BCUT2D eigenvalue weighted by Crippen LogP contribution is -2.07. The highest BCUT2D eigenvalue weighted by Crippen LogP contribution is 2.35. The van der Waals surface area contributed by atoms with Gasteiger partial charge in [-0.25, -0.2) is 0 Å². The van der Waals surface area contributed by atoms with Crippen LogP contribution in [0.1, 0.15) is 12.5 Å². The number of thioether (sulfide) groups is 1. The second kappa shape index (κ2) is 4.74. The predicted octanol–water partition coefficient (Wildman–Crippen LogP) is 4.42. The molecule has 0 heterocycles. The molecule has 0 aliphatic heterocycles. The molecule has 0 fully saturated rings. The predicted molar refractivity (Wildman–Crippen MR) is 60.6 cm³/mol. The van der Waals surface area contributed by atoms with Crippen molar-refractivity contribution in [3.63, 3.8) is 0 Å². The fourth-order valence-corrected chi connectivity index (χ4v) is 2.32. The first-order valence-electron chi connectivity index (χ1n) is 3.94. The molecule has 14 heavy (non-hydrogen) atoms. The van der Waals surface area contributed by atoms with Crippen molar-refractivity contribution in [1.82, 2.24) is 0 Å². The van der Waals surface area contributed by atoms with E-state index in [-0.39, 0.29) is 3.57 Å². The molecule has 0 aliphatic carbocycles. The lowest BCUT2D eigenvalue weighted by molar-refractivity contribution is -0.138. The Bertz CT molecular complexity index is 322. The average molecular weight is 332 g/mol. The fraction of sp³-hybridized carbons (Fsp3) is 0.333. The molecule has 0 saturated carbocycles. The quantitative estimate of drug-likeness (QED) is 0.571. The summed E-state index contributed by atoms with van der Waals surface area (Å²) in [7, 11) is 0. The molecule has 78 valence electrons. The minimum Gasteiger partial charge on any atom is -0.166 e. The SMILES string of the molecule is CCSc1ccc(I)c(C(F)(F)F)c1. The van der Waals surface area contributed by atoms with Crippen LogP contribution >= 0.6 is 34.4 Å². The van der Waals surface area contributed by atoms with E-state index in [0.29, 0.717) is 4.90 Å². The van der Waals surface area contributed by atoms with E-state index in [0.717, 1.165) is 5.75 Å². The molecule has 1 rings (SSSR count). The largest absolute Gasteiger partial charge is 0.417 e. The number of halogens is 4. The molecule has 0 atom stereocenters. The van der Waals surface area contributed by atoms with Gasteiger partial charge in [0.25, 0.3) is 0 Å². The van der Waals surface area contributed by atoms with Crippen LogP contribution in [0.4, 0.5) is 13.2 Å². The highest BCUT2D eigenvalue weighted by molar-refractivity contribution is 14.1. The highest BCUT2D eigenvalue weighted by Gasteiger charge is 2.32. The van der Waals surface area contributed by atoms with Gasteiger partial charge in [-0.3, -0.25) is 0 Å². The smallest absolute Gasteiger partial charge is 0.166 e. The minimum absolute atomic E-state index is 0.246. The Hall–Kier alpha value is 0.0900. The zero-order valence-corrected chi connectivity index (χ0v) is 10.3. The first-order chi connectivity index (χ1) is 6.45. The van der Waals surface area contributed by atoms with Crippen LogP contribution in [0.15, 0.2) is 23.1 Å². The number of hydrogen-bond donors (Lipinski definition) is 0. The summed E-state index contributed by atoms with van der Waals surface area (Å²) in [5.74, 6) is 0.776. The third-order valence-electron chi connectivity index (χ3n) is 1.55. The van der Waals surface area contributed by atoms with Gasteiger partial charge < -0.3 is 0 Å². The van der Waals surface area contributed by atoms with E-state index in [1.54, 1.807) is 28.7 Å². The van der Waals surface area contributed by atoms with E-state index in [4.69, 9.17) is 0 Å². The second-order valence-electron chi connectivity index (χ2n) is 2.57. The normalized spacial score (nSPS) is 11.8. The van der Waals surface area contributed by atoms with E-state index in [9.17, 15) is 13.2 Å². The summed E-state index contributed by atoms with van der Waals surface area (Å²) in [5, 5.41) is 0. The van der Waals surface area contributed by atoms with Crippen LogP contribution in [0.2, 0.25) is 0 Å². The molecule has 0 N–H and O–H groups in total. The Balaban J connectivity index is 3.09. The topological polar surface area (TPSA) is 0 Å². The lowest BCUT2D eigenvalue weighted by Gasteiger charge is -2.10. The molecule has 0 nitrogen and oxygen atoms in total. The molecule has 0 aromatic heterocycles. The first kappa shape index (κ1) is 12.2. The van der Waals surface area contributed by atoms with Crippen molar-refractivity contribution in [2.24, 2.45) is 0 Å². The highest BCUT2D eigenvalue weighted by atomic mass is 127. The maximum absolute atomic E-state index is 12.5. The van der Waals surface area contributed by atoms with Gasteiger partial charge in [-0.2, -0.15) is 13.2 Å². The maximum Gasteiger partial charge on any atom is 0.417 e. The fourth-order valence-electron chi connectivity index (χ4n) is 0.978. The molecule has 1 aromatic carbocycles. The summed E-state index contributed by atoms with van der Waals surface area (Å²) < 4.78 is 37.6. The van der Waals surface area contributed by atoms with Crippen LogP contribution in [0, 0.1) is 3.57 Å². The molecular formula is C9H8F3IS. The van der Waals surface area contributed by atoms with E-state index in [1.807, 2.05) is 6.92 Å². The number of hydrogen-bond acceptors (Lipinski definition) is 1. The van der Waals surface area contributed by atoms with Gasteiger partial charge in [0.05, 0.1) is 5.56 Å². The number of rotatable bonds is 2. The van der Waals surface area contributed by atoms with Crippen LogP contribution in [0.5, 0.6) is 0 Å². The zero-order valence-electron chi connectivity index (χ0n) is 7.36. The molecule has 1 aromatic rings. The van der Waals surface area contributed by atoms with Gasteiger partial charge in [0.1, 0.15) is 0 Å². The maximum atomic E-state index is 12.5. The summed E-state index contributed by atoms with van der Waals surface area (Å²) >= 11 is 3.11. The molecule has 0 bridgehead atoms. The van der Waals surface area contributed by atoms with Crippen molar-refractivity contribution in [3.8, 4) is 0 Å². The van der Waals surface area contributed by atoms with Gasteiger partial charge in [0.2, 0.25) is 0 Å². The van der Waals surface area contributed by atoms with Gasteiger partial charge in [-0.15, -0.1) is 11.8 Å². The summed E-state index contributed by atoms with van der Waals surface area (Å²) in [6.07, 6.45) is -4.25. The van der Waals surface area contributed by atoms with E-state index in [2.05, 4.69) is 0 Å². The van der Waals surface area contributed by atoms with Crippen LogP contribution in [-0.4, -0.2) is 5.75 Å². The van der Waals surface area contributed by atoms with Crippen molar-refractivity contribution < 1.29 is 13.2 Å². The number of benzene rings is 1. The minimum atomic E-state index is -4.25. The number of alkyl halides is 3. The summed E-state index contributed by atoms with van der Waals surface area (Å²) in [4.78, 5) is 0.667. The Kier molecular flexibility index (Phi) is 4.12. The van der Waals surface area contributed by atoms with Crippen molar-refractivity contribution in [2.45, 2.75) is 18.0 Å². The van der Waals surface area contributed by atoms with E-state index < -0.39 is 11.7 Å². The van der Waals surface area contributed by atoms with Gasteiger partial charge in [0.15, 0.2) is 0 Å². The van der Waals surface area contributed by atoms with E-state index in [1.165, 1.54) is 23.9 Å². The van der Waals surface area contributed by atoms with Crippen LogP contribution in [0.3, 0.4) is 0 Å². The van der Waals surface area contributed by atoms with Crippen LogP contribution in [-0.2, 0) is 6.18 Å². The third kappa shape index (κ3) is 3.05. The van der Waals surface area contributed by atoms with Crippen molar-refractivity contribution in [3.05, 3.63) is 27.3 Å². The van der Waals surface area contributed by atoms with E-state index >= 15 is 0 Å². The molecule has 0 amide bonds. The Morgan fingerprint density at radius 2 is 2.00 bits per heavy atom. The van der Waals surface area contributed by atoms with Gasteiger partial charge >= 0.3 is 6.18 Å². The Morgan fingerprint density at radius 3 is 2.50 bits per heavy atom. The first-order valence-corrected chi connectivity index (χ1v) is 6.01. The third-order valence-corrected chi connectivity index (χ3v) is 3.37. The Morgan fingerprint density at radius 1 is 1.36 bits per heavy atom. The van der Waals surface area contributed by atoms with Crippen LogP contribution in [0.25, 0.3) is 0 Å². The molecular weight excluding hydrogens is 324 g/mol. The van der Waals surface area contributed by atoms with Gasteiger partial charge in [0, 0.05) is 8.47 Å². The molecule has 0 saturated heterocycles. The van der Waals surface area contributed by atoms with Crippen molar-refractivity contribution in [1.29, 1.82) is 0 Å². The molecule has 5 heteroatoms. The van der Waals surface area contributed by atoms with Crippen molar-refractivity contribution in [2.75, 3.05) is 5.75 Å². The van der Waals surface area contributed by atoms with Gasteiger partial charge in [-0.05, 0) is 46.5 Å². The van der Waals surface area contributed by atoms with Gasteiger partial charge in [-0.1, -0.05) is 6.92 Å². The molecule has 0 aliphatic rings. The zero-order chi connectivity index (χ0) is 10.8. The molecule has 0 radical (unpaired) electrons. The summed E-state index contributed by atoms with van der Waals surface area (Å²) in [5.41, 5.74) is -0.545. The average Bonchev–Trinajstić information content (AvgIpc) is 2.07. The van der Waals surface area contributed by atoms with Crippen LogP contribution < -0.4 is 0 Å². The monoisotopic (exact) mass is 332 g/mol. The molecule has 0 unspecified atom stereocenters. The Labute approximate surface area is 98.4 Å². The summed E-state index contributed by atoms with van der Waals surface area (Å²) in [6, 6.07) is 4.42. The standard InChI is InChI=1S/C9H8F3IS/c1-2-14-6-3-4-8(13)7(5-6)9(10,11)12/h3-5H,2H2,1H3.